The van der Waals surface area contributed by atoms with Crippen LogP contribution in [0.15, 0.2) is 24.3 Å². The highest BCUT2D eigenvalue weighted by molar-refractivity contribution is 5.94. The Kier molecular flexibility index (Phi) is 5.92. The highest BCUT2D eigenvalue weighted by atomic mass is 16.5. The first-order valence-electron chi connectivity index (χ1n) is 7.92. The molecule has 24 heavy (non-hydrogen) atoms. The van der Waals surface area contributed by atoms with Gasteiger partial charge in [0, 0.05) is 18.3 Å². The second-order valence-electron chi connectivity index (χ2n) is 6.07. The molecule has 0 aliphatic carbocycles. The summed E-state index contributed by atoms with van der Waals surface area (Å²) in [5, 5.41) is 2.79. The number of piperidine rings is 1. The molecule has 2 atom stereocenters. The molecule has 0 spiro atoms. The third-order valence-electron chi connectivity index (χ3n) is 4.35. The molecule has 1 aromatic rings. The molecule has 1 fully saturated rings. The number of hydrogen-bond acceptors (Lipinski definition) is 5. The number of nitrogens with zero attached hydrogens (tertiary/aromatic N) is 1. The van der Waals surface area contributed by atoms with Gasteiger partial charge in [-0.2, -0.15) is 0 Å². The van der Waals surface area contributed by atoms with Crippen molar-refractivity contribution in [3.8, 4) is 0 Å². The largest absolute Gasteiger partial charge is 0.465 e. The second-order valence-corrected chi connectivity index (χ2v) is 6.07. The molecule has 1 heterocycles. The third-order valence-corrected chi connectivity index (χ3v) is 4.35. The van der Waals surface area contributed by atoms with Crippen LogP contribution in [0.3, 0.4) is 0 Å². The van der Waals surface area contributed by atoms with Crippen LogP contribution in [0.2, 0.25) is 0 Å². The van der Waals surface area contributed by atoms with E-state index in [-0.39, 0.29) is 30.3 Å². The Labute approximate surface area is 141 Å². The lowest BCUT2D eigenvalue weighted by Gasteiger charge is -2.36. The molecule has 0 bridgehead atoms. The first-order valence-corrected chi connectivity index (χ1v) is 7.92. The quantitative estimate of drug-likeness (QED) is 0.783. The molecule has 130 valence electrons. The summed E-state index contributed by atoms with van der Waals surface area (Å²) in [6, 6.07) is 6.71. The molecule has 2 amide bonds. The van der Waals surface area contributed by atoms with E-state index in [1.54, 1.807) is 24.3 Å². The molecular formula is C17H23N3O4. The average molecular weight is 333 g/mol. The summed E-state index contributed by atoms with van der Waals surface area (Å²) in [6.45, 7) is 2.74. The van der Waals surface area contributed by atoms with Gasteiger partial charge in [-0.1, -0.05) is 0 Å². The van der Waals surface area contributed by atoms with Crippen LogP contribution in [0.5, 0.6) is 0 Å². The van der Waals surface area contributed by atoms with Crippen molar-refractivity contribution < 1.29 is 19.1 Å². The number of carbonyl (C=O) groups is 3. The number of hydrogen-bond donors (Lipinski definition) is 2. The number of likely N-dealkylation sites (tertiary alicyclic amines) is 1. The zero-order chi connectivity index (χ0) is 17.7. The first kappa shape index (κ1) is 17.9. The fraction of sp³-hybridized carbons (Fsp3) is 0.471. The van der Waals surface area contributed by atoms with E-state index in [1.165, 1.54) is 7.11 Å². The van der Waals surface area contributed by atoms with Crippen LogP contribution in [0, 0.1) is 5.92 Å². The van der Waals surface area contributed by atoms with Crippen molar-refractivity contribution in [3.63, 3.8) is 0 Å². The molecule has 7 heteroatoms. The predicted molar refractivity (Wildman–Crippen MR) is 89.4 cm³/mol. The fourth-order valence-electron chi connectivity index (χ4n) is 2.82. The van der Waals surface area contributed by atoms with E-state index in [4.69, 9.17) is 5.73 Å². The van der Waals surface area contributed by atoms with Crippen molar-refractivity contribution in [2.45, 2.75) is 25.8 Å². The Balaban J connectivity index is 1.92. The highest BCUT2D eigenvalue weighted by Gasteiger charge is 2.29. The van der Waals surface area contributed by atoms with Crippen LogP contribution in [0.25, 0.3) is 0 Å². The van der Waals surface area contributed by atoms with Crippen molar-refractivity contribution in [1.29, 1.82) is 0 Å². The van der Waals surface area contributed by atoms with Gasteiger partial charge < -0.3 is 15.8 Å². The van der Waals surface area contributed by atoms with Gasteiger partial charge in [-0.15, -0.1) is 0 Å². The maximum Gasteiger partial charge on any atom is 0.337 e. The first-order chi connectivity index (χ1) is 11.4. The summed E-state index contributed by atoms with van der Waals surface area (Å²) in [5.74, 6) is -1.11. The molecule has 1 aliphatic heterocycles. The number of nitrogens with one attached hydrogen (secondary N) is 1. The van der Waals surface area contributed by atoms with Gasteiger partial charge in [-0.3, -0.25) is 14.5 Å². The summed E-state index contributed by atoms with van der Waals surface area (Å²) >= 11 is 0. The van der Waals surface area contributed by atoms with Crippen LogP contribution in [-0.4, -0.2) is 48.9 Å². The zero-order valence-electron chi connectivity index (χ0n) is 14.0. The van der Waals surface area contributed by atoms with E-state index in [0.717, 1.165) is 12.8 Å². The van der Waals surface area contributed by atoms with Gasteiger partial charge in [-0.05, 0) is 44.0 Å². The average Bonchev–Trinajstić information content (AvgIpc) is 2.56. The number of methoxy groups -OCH3 is 1. The molecule has 3 N–H and O–H groups in total. The molecule has 0 saturated carbocycles. The Morgan fingerprint density at radius 3 is 2.50 bits per heavy atom. The lowest BCUT2D eigenvalue weighted by atomic mass is 9.93. The number of rotatable bonds is 5. The predicted octanol–water partition coefficient (Wildman–Crippen LogP) is 0.998. The number of ether oxygens (including phenoxy) is 1. The van der Waals surface area contributed by atoms with E-state index in [2.05, 4.69) is 10.1 Å². The molecular weight excluding hydrogens is 310 g/mol. The normalized spacial score (nSPS) is 21.1. The number of esters is 1. The molecule has 1 aromatic carbocycles. The molecule has 1 aliphatic rings. The molecule has 7 nitrogen and oxygen atoms in total. The molecule has 2 rings (SSSR count). The van der Waals surface area contributed by atoms with Gasteiger partial charge in [-0.25, -0.2) is 4.79 Å². The standard InChI is InChI=1S/C17H23N3O4/c1-11-3-4-13(16(18)22)9-20(11)10-15(21)19-14-7-5-12(6-8-14)17(23)24-2/h5-8,11,13H,3-4,9-10H2,1-2H3,(H2,18,22)(H,19,21)/t11-,13-/m1/s1. The lowest BCUT2D eigenvalue weighted by Crippen LogP contribution is -2.48. The minimum atomic E-state index is -0.424. The Morgan fingerprint density at radius 1 is 1.25 bits per heavy atom. The highest BCUT2D eigenvalue weighted by Crippen LogP contribution is 2.21. The van der Waals surface area contributed by atoms with E-state index >= 15 is 0 Å². The SMILES string of the molecule is COC(=O)c1ccc(NC(=O)CN2C[C@H](C(N)=O)CC[C@H]2C)cc1. The monoisotopic (exact) mass is 333 g/mol. The summed E-state index contributed by atoms with van der Waals surface area (Å²) in [7, 11) is 1.32. The summed E-state index contributed by atoms with van der Waals surface area (Å²) < 4.78 is 4.63. The second kappa shape index (κ2) is 7.92. The van der Waals surface area contributed by atoms with Gasteiger partial charge in [0.05, 0.1) is 25.1 Å². The van der Waals surface area contributed by atoms with Crippen molar-refractivity contribution in [3.05, 3.63) is 29.8 Å². The van der Waals surface area contributed by atoms with Gasteiger partial charge in [0.25, 0.3) is 0 Å². The molecule has 0 unspecified atom stereocenters. The van der Waals surface area contributed by atoms with E-state index in [0.29, 0.717) is 17.8 Å². The molecule has 1 saturated heterocycles. The van der Waals surface area contributed by atoms with Gasteiger partial charge in [0.15, 0.2) is 0 Å². The Bertz CT molecular complexity index is 615. The van der Waals surface area contributed by atoms with Crippen molar-refractivity contribution in [1.82, 2.24) is 4.90 Å². The van der Waals surface area contributed by atoms with E-state index in [1.807, 2.05) is 11.8 Å². The minimum Gasteiger partial charge on any atom is -0.465 e. The lowest BCUT2D eigenvalue weighted by molar-refractivity contribution is -0.126. The van der Waals surface area contributed by atoms with Crippen LogP contribution in [-0.2, 0) is 14.3 Å². The van der Waals surface area contributed by atoms with Crippen LogP contribution >= 0.6 is 0 Å². The summed E-state index contributed by atoms with van der Waals surface area (Å²) in [6.07, 6.45) is 1.61. The number of nitrogens with two attached hydrogens (primary N) is 1. The summed E-state index contributed by atoms with van der Waals surface area (Å²) in [5.41, 5.74) is 6.40. The van der Waals surface area contributed by atoms with Crippen molar-refractivity contribution >= 4 is 23.5 Å². The smallest absolute Gasteiger partial charge is 0.337 e. The minimum absolute atomic E-state index is 0.169. The van der Waals surface area contributed by atoms with Gasteiger partial charge in [0.1, 0.15) is 0 Å². The van der Waals surface area contributed by atoms with Crippen molar-refractivity contribution in [2.24, 2.45) is 11.7 Å². The number of primary amides is 1. The Hall–Kier alpha value is -2.41. The zero-order valence-corrected chi connectivity index (χ0v) is 14.0. The van der Waals surface area contributed by atoms with Crippen molar-refractivity contribution in [2.75, 3.05) is 25.5 Å². The van der Waals surface area contributed by atoms with Crippen LogP contribution < -0.4 is 11.1 Å². The molecule has 0 aromatic heterocycles. The fourth-order valence-corrected chi connectivity index (χ4v) is 2.82. The van der Waals surface area contributed by atoms with Crippen LogP contribution in [0.4, 0.5) is 5.69 Å². The van der Waals surface area contributed by atoms with Gasteiger partial charge in [0.2, 0.25) is 11.8 Å². The number of amides is 2. The number of anilines is 1. The van der Waals surface area contributed by atoms with E-state index < -0.39 is 5.97 Å². The van der Waals surface area contributed by atoms with E-state index in [9.17, 15) is 14.4 Å². The Morgan fingerprint density at radius 2 is 1.92 bits per heavy atom. The maximum atomic E-state index is 12.2. The maximum absolute atomic E-state index is 12.2. The van der Waals surface area contributed by atoms with Gasteiger partial charge >= 0.3 is 5.97 Å². The molecule has 0 radical (unpaired) electrons. The third kappa shape index (κ3) is 4.55. The summed E-state index contributed by atoms with van der Waals surface area (Å²) in [4.78, 5) is 36.9. The number of benzene rings is 1. The topological polar surface area (TPSA) is 102 Å². The van der Waals surface area contributed by atoms with Crippen LogP contribution in [0.1, 0.15) is 30.1 Å². The number of carbonyl (C=O) groups excluding carboxylic acids is 3.